The van der Waals surface area contributed by atoms with Crippen molar-refractivity contribution in [1.29, 1.82) is 0 Å². The Morgan fingerprint density at radius 3 is 2.65 bits per heavy atom. The number of ether oxygens (including phenoxy) is 1. The van der Waals surface area contributed by atoms with Crippen molar-refractivity contribution in [1.82, 2.24) is 0 Å². The third kappa shape index (κ3) is 2.55. The van der Waals surface area contributed by atoms with Crippen molar-refractivity contribution in [3.05, 3.63) is 23.8 Å². The first-order valence-corrected chi connectivity index (χ1v) is 6.30. The second-order valence-electron chi connectivity index (χ2n) is 4.70. The van der Waals surface area contributed by atoms with Crippen molar-refractivity contribution in [3.8, 4) is 5.75 Å². The van der Waals surface area contributed by atoms with E-state index in [1.54, 1.807) is 7.11 Å². The molecular weight excluding hydrogens is 214 g/mol. The molecule has 0 aromatic heterocycles. The van der Waals surface area contributed by atoms with Gasteiger partial charge in [-0.05, 0) is 31.0 Å². The van der Waals surface area contributed by atoms with Crippen LogP contribution in [0.15, 0.2) is 18.2 Å². The normalized spacial score (nSPS) is 17.2. The molecule has 1 atom stereocenters. The average molecular weight is 235 g/mol. The van der Waals surface area contributed by atoms with Crippen LogP contribution in [-0.2, 0) is 0 Å². The molecule has 1 aromatic carbocycles. The molecule has 1 aliphatic heterocycles. The number of nitrogens with zero attached hydrogens (tertiary/aromatic N) is 1. The predicted molar refractivity (Wildman–Crippen MR) is 69.9 cm³/mol. The summed E-state index contributed by atoms with van der Waals surface area (Å²) in [4.78, 5) is 2.40. The quantitative estimate of drug-likeness (QED) is 0.869. The van der Waals surface area contributed by atoms with Crippen LogP contribution < -0.4 is 9.64 Å². The third-order valence-corrected chi connectivity index (χ3v) is 3.49. The molecule has 1 unspecified atom stereocenters. The largest absolute Gasteiger partial charge is 0.496 e. The fourth-order valence-corrected chi connectivity index (χ4v) is 2.38. The topological polar surface area (TPSA) is 32.7 Å². The monoisotopic (exact) mass is 235 g/mol. The molecule has 1 saturated heterocycles. The van der Waals surface area contributed by atoms with E-state index in [1.807, 2.05) is 13.0 Å². The number of hydrogen-bond donors (Lipinski definition) is 1. The van der Waals surface area contributed by atoms with Crippen molar-refractivity contribution in [2.75, 3.05) is 31.7 Å². The first kappa shape index (κ1) is 12.2. The van der Waals surface area contributed by atoms with E-state index < -0.39 is 0 Å². The van der Waals surface area contributed by atoms with Gasteiger partial charge < -0.3 is 14.7 Å². The molecule has 0 aliphatic carbocycles. The zero-order chi connectivity index (χ0) is 12.3. The Morgan fingerprint density at radius 1 is 1.35 bits per heavy atom. The van der Waals surface area contributed by atoms with Crippen LogP contribution in [-0.4, -0.2) is 31.9 Å². The van der Waals surface area contributed by atoms with E-state index in [0.29, 0.717) is 0 Å². The molecule has 0 amide bonds. The van der Waals surface area contributed by atoms with Crippen molar-refractivity contribution < 1.29 is 9.84 Å². The molecule has 1 N–H and O–H groups in total. The highest BCUT2D eigenvalue weighted by Crippen LogP contribution is 2.31. The van der Waals surface area contributed by atoms with Gasteiger partial charge in [0.1, 0.15) is 5.75 Å². The number of aliphatic hydroxyl groups excluding tert-OH is 1. The highest BCUT2D eigenvalue weighted by molar-refractivity contribution is 5.54. The summed E-state index contributed by atoms with van der Waals surface area (Å²) >= 11 is 0. The van der Waals surface area contributed by atoms with Gasteiger partial charge in [-0.3, -0.25) is 0 Å². The highest BCUT2D eigenvalue weighted by atomic mass is 16.5. The number of benzene rings is 1. The maximum atomic E-state index is 9.30. The minimum atomic E-state index is 0.118. The van der Waals surface area contributed by atoms with E-state index in [2.05, 4.69) is 17.0 Å². The highest BCUT2D eigenvalue weighted by Gasteiger charge is 2.16. The molecule has 94 valence electrons. The Kier molecular flexibility index (Phi) is 3.89. The van der Waals surface area contributed by atoms with E-state index in [4.69, 9.17) is 4.74 Å². The maximum absolute atomic E-state index is 9.30. The lowest BCUT2D eigenvalue weighted by Crippen LogP contribution is -2.18. The minimum Gasteiger partial charge on any atom is -0.496 e. The van der Waals surface area contributed by atoms with Gasteiger partial charge in [0.05, 0.1) is 7.11 Å². The van der Waals surface area contributed by atoms with Gasteiger partial charge in [0, 0.05) is 36.9 Å². The Morgan fingerprint density at radius 2 is 2.06 bits per heavy atom. The van der Waals surface area contributed by atoms with Gasteiger partial charge in [-0.2, -0.15) is 0 Å². The maximum Gasteiger partial charge on any atom is 0.122 e. The Balaban J connectivity index is 2.30. The van der Waals surface area contributed by atoms with E-state index in [0.717, 1.165) is 24.4 Å². The molecule has 0 radical (unpaired) electrons. The lowest BCUT2D eigenvalue weighted by Gasteiger charge is -2.21. The Bertz CT molecular complexity index is 372. The standard InChI is InChI=1S/C14H21NO2/c1-11(10-16)13-9-12(5-6-14(13)17-2)15-7-3-4-8-15/h5-6,9,11,16H,3-4,7-8,10H2,1-2H3. The molecule has 1 fully saturated rings. The first-order valence-electron chi connectivity index (χ1n) is 6.30. The summed E-state index contributed by atoms with van der Waals surface area (Å²) in [5.41, 5.74) is 2.35. The van der Waals surface area contributed by atoms with E-state index in [-0.39, 0.29) is 12.5 Å². The van der Waals surface area contributed by atoms with E-state index in [9.17, 15) is 5.11 Å². The van der Waals surface area contributed by atoms with Crippen molar-refractivity contribution >= 4 is 5.69 Å². The van der Waals surface area contributed by atoms with E-state index >= 15 is 0 Å². The zero-order valence-electron chi connectivity index (χ0n) is 10.6. The molecule has 0 spiro atoms. The van der Waals surface area contributed by atoms with Gasteiger partial charge in [0.15, 0.2) is 0 Å². The fraction of sp³-hybridized carbons (Fsp3) is 0.571. The lowest BCUT2D eigenvalue weighted by atomic mass is 10.00. The zero-order valence-corrected chi connectivity index (χ0v) is 10.6. The first-order chi connectivity index (χ1) is 8.26. The van der Waals surface area contributed by atoms with Gasteiger partial charge in [0.25, 0.3) is 0 Å². The Labute approximate surface area is 103 Å². The van der Waals surface area contributed by atoms with Gasteiger partial charge >= 0.3 is 0 Å². The van der Waals surface area contributed by atoms with Crippen LogP contribution in [0, 0.1) is 0 Å². The molecule has 1 aliphatic rings. The van der Waals surface area contributed by atoms with Crippen LogP contribution in [0.25, 0.3) is 0 Å². The van der Waals surface area contributed by atoms with Crippen molar-refractivity contribution in [2.45, 2.75) is 25.7 Å². The number of rotatable bonds is 4. The molecule has 3 heteroatoms. The second-order valence-corrected chi connectivity index (χ2v) is 4.70. The molecule has 17 heavy (non-hydrogen) atoms. The van der Waals surface area contributed by atoms with Crippen LogP contribution >= 0.6 is 0 Å². The number of hydrogen-bond acceptors (Lipinski definition) is 3. The predicted octanol–water partition coefficient (Wildman–Crippen LogP) is 2.39. The molecular formula is C14H21NO2. The summed E-state index contributed by atoms with van der Waals surface area (Å²) in [6.07, 6.45) is 2.55. The van der Waals surface area contributed by atoms with Crippen LogP contribution in [0.2, 0.25) is 0 Å². The summed E-state index contributed by atoms with van der Waals surface area (Å²) in [7, 11) is 1.68. The second kappa shape index (κ2) is 5.41. The molecule has 2 rings (SSSR count). The summed E-state index contributed by atoms with van der Waals surface area (Å²) in [5, 5.41) is 9.30. The fourth-order valence-electron chi connectivity index (χ4n) is 2.38. The molecule has 1 heterocycles. The van der Waals surface area contributed by atoms with Crippen LogP contribution in [0.5, 0.6) is 5.75 Å². The molecule has 0 saturated carbocycles. The Hall–Kier alpha value is -1.22. The molecule has 3 nitrogen and oxygen atoms in total. The number of methoxy groups -OCH3 is 1. The average Bonchev–Trinajstić information content (AvgIpc) is 2.91. The van der Waals surface area contributed by atoms with Gasteiger partial charge in [-0.25, -0.2) is 0 Å². The van der Waals surface area contributed by atoms with Gasteiger partial charge in [-0.15, -0.1) is 0 Å². The smallest absolute Gasteiger partial charge is 0.122 e. The van der Waals surface area contributed by atoms with Crippen LogP contribution in [0.4, 0.5) is 5.69 Å². The summed E-state index contributed by atoms with van der Waals surface area (Å²) in [6, 6.07) is 6.28. The van der Waals surface area contributed by atoms with Crippen LogP contribution in [0.3, 0.4) is 0 Å². The summed E-state index contributed by atoms with van der Waals surface area (Å²) in [6.45, 7) is 4.45. The third-order valence-electron chi connectivity index (χ3n) is 3.49. The SMILES string of the molecule is COc1ccc(N2CCCC2)cc1C(C)CO. The summed E-state index contributed by atoms with van der Waals surface area (Å²) < 4.78 is 5.36. The van der Waals surface area contributed by atoms with Crippen molar-refractivity contribution in [2.24, 2.45) is 0 Å². The van der Waals surface area contributed by atoms with Gasteiger partial charge in [-0.1, -0.05) is 6.92 Å². The van der Waals surface area contributed by atoms with Crippen LogP contribution in [0.1, 0.15) is 31.2 Å². The molecule has 1 aromatic rings. The van der Waals surface area contributed by atoms with Gasteiger partial charge in [0.2, 0.25) is 0 Å². The minimum absolute atomic E-state index is 0.118. The number of aliphatic hydroxyl groups is 1. The van der Waals surface area contributed by atoms with Crippen molar-refractivity contribution in [3.63, 3.8) is 0 Å². The van der Waals surface area contributed by atoms with E-state index in [1.165, 1.54) is 18.5 Å². The number of anilines is 1. The lowest BCUT2D eigenvalue weighted by molar-refractivity contribution is 0.270. The molecule has 0 bridgehead atoms. The summed E-state index contributed by atoms with van der Waals surface area (Å²) in [5.74, 6) is 0.988.